The molecule has 3 rings (SSSR count). The number of carbonyl (C=O) groups excluding carboxylic acids is 1. The fourth-order valence-electron chi connectivity index (χ4n) is 3.13. The number of H-pyrrole nitrogens is 1. The molecule has 0 saturated carbocycles. The maximum atomic E-state index is 13.4. The molecule has 2 aromatic rings. The van der Waals surface area contributed by atoms with Crippen molar-refractivity contribution in [2.75, 3.05) is 26.2 Å². The number of halogens is 2. The third kappa shape index (κ3) is 4.02. The molecule has 1 aromatic carbocycles. The number of piperazine rings is 1. The number of amides is 1. The van der Waals surface area contributed by atoms with Gasteiger partial charge < -0.3 is 10.0 Å². The highest BCUT2D eigenvalue weighted by Crippen LogP contribution is 2.19. The van der Waals surface area contributed by atoms with E-state index in [0.717, 1.165) is 6.07 Å². The van der Waals surface area contributed by atoms with Gasteiger partial charge in [0.2, 0.25) is 0 Å². The molecule has 1 aliphatic heterocycles. The van der Waals surface area contributed by atoms with Crippen molar-refractivity contribution in [3.8, 4) is 0 Å². The number of benzene rings is 1. The second-order valence-corrected chi connectivity index (χ2v) is 6.11. The Kier molecular flexibility index (Phi) is 5.40. The summed E-state index contributed by atoms with van der Waals surface area (Å²) < 4.78 is 26.5. The number of hydrogen-bond donors (Lipinski definition) is 2. The second-order valence-electron chi connectivity index (χ2n) is 6.11. The van der Waals surface area contributed by atoms with E-state index in [9.17, 15) is 18.7 Å². The average Bonchev–Trinajstić information content (AvgIpc) is 3.14. The molecule has 0 radical (unpaired) electrons. The minimum absolute atomic E-state index is 0.00890. The maximum Gasteiger partial charge on any atom is 0.271 e. The highest BCUT2D eigenvalue weighted by atomic mass is 19.2. The summed E-state index contributed by atoms with van der Waals surface area (Å²) in [6.45, 7) is 1.99. The quantitative estimate of drug-likeness (QED) is 0.855. The van der Waals surface area contributed by atoms with Crippen LogP contribution in [0.2, 0.25) is 0 Å². The van der Waals surface area contributed by atoms with Crippen molar-refractivity contribution in [3.63, 3.8) is 0 Å². The number of nitrogens with zero attached hydrogens (tertiary/aromatic N) is 3. The molecular formula is C17H20F2N4O2. The number of aromatic nitrogens is 2. The first-order chi connectivity index (χ1) is 12.1. The summed E-state index contributed by atoms with van der Waals surface area (Å²) in [4.78, 5) is 16.2. The molecule has 0 aliphatic carbocycles. The van der Waals surface area contributed by atoms with Crippen LogP contribution in [0.4, 0.5) is 8.78 Å². The molecule has 1 amide bonds. The zero-order chi connectivity index (χ0) is 17.8. The van der Waals surface area contributed by atoms with E-state index in [4.69, 9.17) is 0 Å². The van der Waals surface area contributed by atoms with E-state index >= 15 is 0 Å². The van der Waals surface area contributed by atoms with Gasteiger partial charge in [-0.3, -0.25) is 14.8 Å². The molecule has 6 nitrogen and oxygen atoms in total. The minimum atomic E-state index is -0.871. The number of aromatic amines is 1. The van der Waals surface area contributed by atoms with Crippen LogP contribution in [-0.2, 0) is 6.54 Å². The predicted octanol–water partition coefficient (Wildman–Crippen LogP) is 1.40. The third-order valence-electron chi connectivity index (χ3n) is 4.46. The molecule has 0 bridgehead atoms. The van der Waals surface area contributed by atoms with Gasteiger partial charge in [0.05, 0.1) is 0 Å². The van der Waals surface area contributed by atoms with Gasteiger partial charge in [-0.1, -0.05) is 6.07 Å². The summed E-state index contributed by atoms with van der Waals surface area (Å²) >= 11 is 0. The largest absolute Gasteiger partial charge is 0.396 e. The molecule has 2 heterocycles. The van der Waals surface area contributed by atoms with Crippen LogP contribution in [0.15, 0.2) is 30.5 Å². The number of nitrogens with one attached hydrogen (secondary N) is 1. The predicted molar refractivity (Wildman–Crippen MR) is 86.8 cm³/mol. The van der Waals surface area contributed by atoms with Gasteiger partial charge in [-0.2, -0.15) is 5.10 Å². The van der Waals surface area contributed by atoms with E-state index in [0.29, 0.717) is 43.9 Å². The Morgan fingerprint density at radius 3 is 2.80 bits per heavy atom. The Bertz CT molecular complexity index is 723. The number of aliphatic hydroxyl groups excluding tert-OH is 1. The third-order valence-corrected chi connectivity index (χ3v) is 4.46. The summed E-state index contributed by atoms with van der Waals surface area (Å²) in [6, 6.07) is 5.42. The number of hydrogen-bond acceptors (Lipinski definition) is 4. The highest BCUT2D eigenvalue weighted by Gasteiger charge is 2.30. The maximum absolute atomic E-state index is 13.4. The van der Waals surface area contributed by atoms with Crippen LogP contribution in [-0.4, -0.2) is 63.3 Å². The molecule has 1 fully saturated rings. The van der Waals surface area contributed by atoms with Crippen LogP contribution in [0.1, 0.15) is 22.5 Å². The van der Waals surface area contributed by atoms with Crippen LogP contribution in [0, 0.1) is 11.6 Å². The minimum Gasteiger partial charge on any atom is -0.396 e. The van der Waals surface area contributed by atoms with Crippen LogP contribution in [0.5, 0.6) is 0 Å². The summed E-state index contributed by atoms with van der Waals surface area (Å²) in [5.74, 6) is -1.87. The van der Waals surface area contributed by atoms with Crippen LogP contribution in [0.3, 0.4) is 0 Å². The molecule has 25 heavy (non-hydrogen) atoms. The zero-order valence-electron chi connectivity index (χ0n) is 13.7. The van der Waals surface area contributed by atoms with Crippen molar-refractivity contribution in [2.45, 2.75) is 19.0 Å². The van der Waals surface area contributed by atoms with E-state index in [1.807, 2.05) is 0 Å². The lowest BCUT2D eigenvalue weighted by Gasteiger charge is -2.41. The normalized spacial score (nSPS) is 18.5. The molecule has 1 aliphatic rings. The van der Waals surface area contributed by atoms with Crippen molar-refractivity contribution in [1.29, 1.82) is 0 Å². The van der Waals surface area contributed by atoms with Crippen molar-refractivity contribution >= 4 is 5.91 Å². The van der Waals surface area contributed by atoms with Gasteiger partial charge in [0.15, 0.2) is 11.6 Å². The van der Waals surface area contributed by atoms with Crippen LogP contribution >= 0.6 is 0 Å². The first-order valence-electron chi connectivity index (χ1n) is 8.16. The van der Waals surface area contributed by atoms with Gasteiger partial charge in [-0.25, -0.2) is 8.78 Å². The molecule has 134 valence electrons. The van der Waals surface area contributed by atoms with Gasteiger partial charge in [0, 0.05) is 45.0 Å². The standard InChI is InChI=1S/C17H20F2N4O2/c18-14-2-1-12(9-15(14)19)10-22-6-7-23(11-13(22)4-8-24)17(25)16-3-5-20-21-16/h1-3,5,9,13,24H,4,6-8,10-11H2,(H,20,21)/t13-/m1/s1. The van der Waals surface area contributed by atoms with Crippen molar-refractivity contribution in [2.24, 2.45) is 0 Å². The van der Waals surface area contributed by atoms with Gasteiger partial charge in [0.25, 0.3) is 5.91 Å². The second kappa shape index (κ2) is 7.71. The fraction of sp³-hybridized carbons (Fsp3) is 0.412. The van der Waals surface area contributed by atoms with Gasteiger partial charge in [0.1, 0.15) is 5.69 Å². The van der Waals surface area contributed by atoms with Gasteiger partial charge in [-0.15, -0.1) is 0 Å². The molecule has 0 unspecified atom stereocenters. The van der Waals surface area contributed by atoms with E-state index in [2.05, 4.69) is 15.1 Å². The summed E-state index contributed by atoms with van der Waals surface area (Å²) in [5.41, 5.74) is 1.09. The Labute approximate surface area is 144 Å². The van der Waals surface area contributed by atoms with Crippen molar-refractivity contribution in [1.82, 2.24) is 20.0 Å². The number of aliphatic hydroxyl groups is 1. The van der Waals surface area contributed by atoms with Crippen molar-refractivity contribution < 1.29 is 18.7 Å². The molecule has 1 saturated heterocycles. The van der Waals surface area contributed by atoms with E-state index < -0.39 is 11.6 Å². The van der Waals surface area contributed by atoms with E-state index in [1.54, 1.807) is 17.0 Å². The lowest BCUT2D eigenvalue weighted by Crippen LogP contribution is -2.54. The SMILES string of the molecule is O=C(c1ccn[nH]1)N1CCN(Cc2ccc(F)c(F)c2)[C@H](CCO)C1. The lowest BCUT2D eigenvalue weighted by molar-refractivity contribution is 0.0390. The molecule has 2 N–H and O–H groups in total. The Morgan fingerprint density at radius 2 is 2.12 bits per heavy atom. The summed E-state index contributed by atoms with van der Waals surface area (Å²) in [7, 11) is 0. The number of rotatable bonds is 5. The molecule has 0 spiro atoms. The van der Waals surface area contributed by atoms with Gasteiger partial charge >= 0.3 is 0 Å². The lowest BCUT2D eigenvalue weighted by atomic mass is 10.1. The zero-order valence-corrected chi connectivity index (χ0v) is 13.7. The Morgan fingerprint density at radius 1 is 1.28 bits per heavy atom. The van der Waals surface area contributed by atoms with Gasteiger partial charge in [-0.05, 0) is 30.2 Å². The summed E-state index contributed by atoms with van der Waals surface area (Å²) in [5, 5.41) is 15.8. The molecule has 8 heteroatoms. The molecule has 1 atom stereocenters. The van der Waals surface area contributed by atoms with Crippen LogP contribution < -0.4 is 0 Å². The van der Waals surface area contributed by atoms with E-state index in [1.165, 1.54) is 12.3 Å². The van der Waals surface area contributed by atoms with Crippen LogP contribution in [0.25, 0.3) is 0 Å². The average molecular weight is 350 g/mol. The molecule has 1 aromatic heterocycles. The smallest absolute Gasteiger partial charge is 0.271 e. The highest BCUT2D eigenvalue weighted by molar-refractivity contribution is 5.92. The van der Waals surface area contributed by atoms with E-state index in [-0.39, 0.29) is 18.6 Å². The first kappa shape index (κ1) is 17.5. The monoisotopic (exact) mass is 350 g/mol. The Hall–Kier alpha value is -2.32. The fourth-order valence-corrected chi connectivity index (χ4v) is 3.13. The first-order valence-corrected chi connectivity index (χ1v) is 8.16. The van der Waals surface area contributed by atoms with Crippen molar-refractivity contribution in [3.05, 3.63) is 53.4 Å². The topological polar surface area (TPSA) is 72.5 Å². The molecular weight excluding hydrogens is 330 g/mol. The number of carbonyl (C=O) groups is 1. The Balaban J connectivity index is 1.69. The summed E-state index contributed by atoms with van der Waals surface area (Å²) in [6.07, 6.45) is 2.02.